The first kappa shape index (κ1) is 18.9. The highest BCUT2D eigenvalue weighted by atomic mass is 35.5. The van der Waals surface area contributed by atoms with Gasteiger partial charge < -0.3 is 19.2 Å². The minimum Gasteiger partial charge on any atom is -0.460 e. The molecule has 2 aromatic carbocycles. The number of furan rings is 1. The van der Waals surface area contributed by atoms with Crippen LogP contribution in [0.2, 0.25) is 10.0 Å². The van der Waals surface area contributed by atoms with Crippen LogP contribution in [0.1, 0.15) is 11.3 Å². The fourth-order valence-corrected chi connectivity index (χ4v) is 3.19. The number of nitrogens with one attached hydrogen (secondary N) is 1. The van der Waals surface area contributed by atoms with Gasteiger partial charge in [0.1, 0.15) is 11.5 Å². The van der Waals surface area contributed by atoms with Gasteiger partial charge in [-0.2, -0.15) is 0 Å². The van der Waals surface area contributed by atoms with E-state index in [0.717, 1.165) is 34.1 Å². The van der Waals surface area contributed by atoms with Gasteiger partial charge in [-0.25, -0.2) is 0 Å². The van der Waals surface area contributed by atoms with Crippen LogP contribution in [0, 0.1) is 0 Å². The van der Waals surface area contributed by atoms with Gasteiger partial charge in [0.05, 0.1) is 11.6 Å². The number of hydrogen-bond acceptors (Lipinski definition) is 4. The Morgan fingerprint density at radius 3 is 2.58 bits per heavy atom. The van der Waals surface area contributed by atoms with E-state index in [4.69, 9.17) is 37.1 Å². The van der Waals surface area contributed by atoms with Crippen LogP contribution in [-0.2, 0) is 13.1 Å². The summed E-state index contributed by atoms with van der Waals surface area (Å²) in [5.41, 5.74) is 1.95. The first-order chi connectivity index (χ1) is 12.2. The summed E-state index contributed by atoms with van der Waals surface area (Å²) in [6.45, 7) is 1.60. The van der Waals surface area contributed by atoms with E-state index < -0.39 is 0 Å². The molecule has 0 bridgehead atoms. The number of ether oxygens (including phenoxy) is 2. The molecule has 1 aliphatic rings. The van der Waals surface area contributed by atoms with Gasteiger partial charge in [0.25, 0.3) is 0 Å². The van der Waals surface area contributed by atoms with Gasteiger partial charge >= 0.3 is 0 Å². The van der Waals surface area contributed by atoms with Crippen LogP contribution in [-0.4, -0.2) is 6.79 Å². The standard InChI is InChI=1S/C19H15Cl2NO3.ClH/c20-13-2-4-15(16(21)8-13)17-6-3-14(25-17)10-22-9-12-1-5-18-19(7-12)24-11-23-18;/h1-8,22H,9-11H2;1H. The second-order valence-electron chi connectivity index (χ2n) is 5.68. The summed E-state index contributed by atoms with van der Waals surface area (Å²) in [5.74, 6) is 3.14. The van der Waals surface area contributed by atoms with E-state index in [1.54, 1.807) is 12.1 Å². The van der Waals surface area contributed by atoms with Crippen molar-refractivity contribution in [3.8, 4) is 22.8 Å². The second kappa shape index (κ2) is 8.23. The smallest absolute Gasteiger partial charge is 0.231 e. The maximum absolute atomic E-state index is 6.22. The molecule has 0 saturated heterocycles. The Labute approximate surface area is 167 Å². The third-order valence-corrected chi connectivity index (χ3v) is 4.47. The van der Waals surface area contributed by atoms with Gasteiger partial charge in [0, 0.05) is 17.1 Å². The largest absolute Gasteiger partial charge is 0.460 e. The molecule has 136 valence electrons. The van der Waals surface area contributed by atoms with E-state index in [2.05, 4.69) is 5.32 Å². The molecule has 4 nitrogen and oxygen atoms in total. The third kappa shape index (κ3) is 4.10. The Kier molecular flexibility index (Phi) is 5.99. The van der Waals surface area contributed by atoms with Gasteiger partial charge in [0.15, 0.2) is 11.5 Å². The number of hydrogen-bond donors (Lipinski definition) is 1. The molecule has 0 radical (unpaired) electrons. The first-order valence-corrected chi connectivity index (χ1v) is 8.58. The molecule has 2 heterocycles. The van der Waals surface area contributed by atoms with Crippen molar-refractivity contribution in [2.75, 3.05) is 6.79 Å². The Morgan fingerprint density at radius 2 is 1.73 bits per heavy atom. The maximum atomic E-state index is 6.22. The lowest BCUT2D eigenvalue weighted by atomic mass is 10.2. The van der Waals surface area contributed by atoms with Crippen LogP contribution in [0.5, 0.6) is 11.5 Å². The second-order valence-corrected chi connectivity index (χ2v) is 6.52. The highest BCUT2D eigenvalue weighted by Crippen LogP contribution is 2.33. The first-order valence-electron chi connectivity index (χ1n) is 7.82. The molecule has 26 heavy (non-hydrogen) atoms. The summed E-state index contributed by atoms with van der Waals surface area (Å²) in [4.78, 5) is 0. The molecule has 1 aliphatic heterocycles. The van der Waals surface area contributed by atoms with E-state index in [1.807, 2.05) is 36.4 Å². The van der Waals surface area contributed by atoms with Gasteiger partial charge in [-0.1, -0.05) is 29.3 Å². The Hall–Kier alpha value is -1.85. The number of benzene rings is 2. The van der Waals surface area contributed by atoms with Crippen LogP contribution >= 0.6 is 35.6 Å². The van der Waals surface area contributed by atoms with E-state index in [9.17, 15) is 0 Å². The minimum absolute atomic E-state index is 0. The molecule has 1 aromatic heterocycles. The predicted octanol–water partition coefficient (Wildman–Crippen LogP) is 5.69. The van der Waals surface area contributed by atoms with Crippen molar-refractivity contribution in [1.29, 1.82) is 0 Å². The van der Waals surface area contributed by atoms with Gasteiger partial charge in [-0.3, -0.25) is 0 Å². The van der Waals surface area contributed by atoms with Crippen molar-refractivity contribution in [2.45, 2.75) is 13.1 Å². The van der Waals surface area contributed by atoms with Crippen LogP contribution in [0.15, 0.2) is 52.9 Å². The summed E-state index contributed by atoms with van der Waals surface area (Å²) >= 11 is 12.2. The Bertz CT molecular complexity index is 911. The van der Waals surface area contributed by atoms with Crippen molar-refractivity contribution < 1.29 is 13.9 Å². The predicted molar refractivity (Wildman–Crippen MR) is 105 cm³/mol. The van der Waals surface area contributed by atoms with Crippen molar-refractivity contribution in [2.24, 2.45) is 0 Å². The molecule has 1 N–H and O–H groups in total. The highest BCUT2D eigenvalue weighted by Gasteiger charge is 2.13. The molecule has 0 atom stereocenters. The zero-order chi connectivity index (χ0) is 17.2. The summed E-state index contributed by atoms with van der Waals surface area (Å²) in [6.07, 6.45) is 0. The van der Waals surface area contributed by atoms with Gasteiger partial charge in [-0.05, 0) is 48.0 Å². The number of fused-ring (bicyclic) bond motifs is 1. The zero-order valence-corrected chi connectivity index (χ0v) is 16.0. The SMILES string of the molecule is Cl.Clc1ccc(-c2ccc(CNCc3ccc4c(c3)OCO4)o2)c(Cl)c1. The monoisotopic (exact) mass is 411 g/mol. The number of rotatable bonds is 5. The van der Waals surface area contributed by atoms with Crippen LogP contribution < -0.4 is 14.8 Å². The molecule has 0 spiro atoms. The quantitative estimate of drug-likeness (QED) is 0.584. The molecular formula is C19H16Cl3NO3. The lowest BCUT2D eigenvalue weighted by Crippen LogP contribution is -2.11. The fourth-order valence-electron chi connectivity index (χ4n) is 2.69. The Balaban J connectivity index is 0.00000196. The van der Waals surface area contributed by atoms with Crippen LogP contribution in [0.4, 0.5) is 0 Å². The molecule has 7 heteroatoms. The van der Waals surface area contributed by atoms with Crippen molar-refractivity contribution in [1.82, 2.24) is 5.32 Å². The molecule has 0 aliphatic carbocycles. The molecule has 0 saturated carbocycles. The zero-order valence-electron chi connectivity index (χ0n) is 13.6. The minimum atomic E-state index is 0. The summed E-state index contributed by atoms with van der Waals surface area (Å²) in [5, 5.41) is 4.53. The lowest BCUT2D eigenvalue weighted by Gasteiger charge is -2.05. The molecule has 0 fully saturated rings. The van der Waals surface area contributed by atoms with Crippen molar-refractivity contribution >= 4 is 35.6 Å². The molecule has 4 rings (SSSR count). The molecule has 0 amide bonds. The summed E-state index contributed by atoms with van der Waals surface area (Å²) in [7, 11) is 0. The van der Waals surface area contributed by atoms with Gasteiger partial charge in [-0.15, -0.1) is 12.4 Å². The third-order valence-electron chi connectivity index (χ3n) is 3.92. The van der Waals surface area contributed by atoms with Crippen molar-refractivity contribution in [3.05, 3.63) is 69.9 Å². The van der Waals surface area contributed by atoms with Gasteiger partial charge in [0.2, 0.25) is 6.79 Å². The average molecular weight is 413 g/mol. The molecule has 3 aromatic rings. The highest BCUT2D eigenvalue weighted by molar-refractivity contribution is 6.36. The topological polar surface area (TPSA) is 43.6 Å². The van der Waals surface area contributed by atoms with Crippen molar-refractivity contribution in [3.63, 3.8) is 0 Å². The molecular weight excluding hydrogens is 397 g/mol. The van der Waals surface area contributed by atoms with Crippen LogP contribution in [0.3, 0.4) is 0 Å². The average Bonchev–Trinajstić information content (AvgIpc) is 3.23. The lowest BCUT2D eigenvalue weighted by molar-refractivity contribution is 0.174. The normalized spacial score (nSPS) is 12.1. The summed E-state index contributed by atoms with van der Waals surface area (Å²) < 4.78 is 16.6. The van der Waals surface area contributed by atoms with Crippen LogP contribution in [0.25, 0.3) is 11.3 Å². The van der Waals surface area contributed by atoms with E-state index >= 15 is 0 Å². The van der Waals surface area contributed by atoms with E-state index in [-0.39, 0.29) is 19.2 Å². The molecule has 0 unspecified atom stereocenters. The van der Waals surface area contributed by atoms with E-state index in [0.29, 0.717) is 23.1 Å². The maximum Gasteiger partial charge on any atom is 0.231 e. The number of halogens is 3. The van der Waals surface area contributed by atoms with E-state index in [1.165, 1.54) is 0 Å². The fraction of sp³-hybridized carbons (Fsp3) is 0.158. The Morgan fingerprint density at radius 1 is 0.885 bits per heavy atom. The summed E-state index contributed by atoms with van der Waals surface area (Å²) in [6, 6.07) is 15.1.